The normalized spacial score (nSPS) is 45.1. The monoisotopic (exact) mass is 560 g/mol. The summed E-state index contributed by atoms with van der Waals surface area (Å²) in [6.07, 6.45) is 8.15. The topological polar surface area (TPSA) is 78.9 Å². The third-order valence-corrected chi connectivity index (χ3v) is 10.7. The van der Waals surface area contributed by atoms with E-state index < -0.39 is 0 Å². The summed E-state index contributed by atoms with van der Waals surface area (Å²) in [6.45, 7) is 7.30. The molecule has 0 aromatic heterocycles. The summed E-state index contributed by atoms with van der Waals surface area (Å²) < 4.78 is 17.4. The number of esters is 3. The summed E-state index contributed by atoms with van der Waals surface area (Å²) in [5.74, 6) is 1.39. The first-order chi connectivity index (χ1) is 15.1. The van der Waals surface area contributed by atoms with Crippen molar-refractivity contribution in [2.45, 2.75) is 95.2 Å². The van der Waals surface area contributed by atoms with Crippen molar-refractivity contribution in [1.82, 2.24) is 0 Å². The van der Waals surface area contributed by atoms with Crippen molar-refractivity contribution in [2.24, 2.45) is 34.5 Å². The van der Waals surface area contributed by atoms with Gasteiger partial charge in [-0.3, -0.25) is 14.4 Å². The highest BCUT2D eigenvalue weighted by Crippen LogP contribution is 2.67. The Morgan fingerprint density at radius 1 is 0.906 bits per heavy atom. The number of hydrogen-bond donors (Lipinski definition) is 0. The molecule has 0 aromatic carbocycles. The van der Waals surface area contributed by atoms with Crippen LogP contribution in [0.1, 0.15) is 79.1 Å². The Balaban J connectivity index is 1.62. The van der Waals surface area contributed by atoms with Crippen LogP contribution in [0.4, 0.5) is 0 Å². The van der Waals surface area contributed by atoms with Crippen LogP contribution in [0.3, 0.4) is 0 Å². The van der Waals surface area contributed by atoms with Crippen molar-refractivity contribution < 1.29 is 28.6 Å². The van der Waals surface area contributed by atoms with Crippen molar-refractivity contribution in [3.05, 3.63) is 0 Å². The summed E-state index contributed by atoms with van der Waals surface area (Å²) >= 11 is 2.45. The Labute approximate surface area is 205 Å². The molecule has 0 saturated heterocycles. The molecule has 0 unspecified atom stereocenters. The maximum atomic E-state index is 11.8. The van der Waals surface area contributed by atoms with E-state index in [-0.39, 0.29) is 44.9 Å². The predicted molar refractivity (Wildman–Crippen MR) is 127 cm³/mol. The fourth-order valence-electron chi connectivity index (χ4n) is 8.18. The lowest BCUT2D eigenvalue weighted by atomic mass is 9.44. The lowest BCUT2D eigenvalue weighted by Gasteiger charge is -2.62. The lowest BCUT2D eigenvalue weighted by Crippen LogP contribution is -2.59. The van der Waals surface area contributed by atoms with Gasteiger partial charge in [0.25, 0.3) is 0 Å². The second-order valence-electron chi connectivity index (χ2n) is 11.0. The zero-order chi connectivity index (χ0) is 23.3. The molecule has 6 nitrogen and oxygen atoms in total. The highest BCUT2D eigenvalue weighted by atomic mass is 127. The number of fused-ring (bicyclic) bond motifs is 5. The molecule has 4 saturated carbocycles. The molecule has 0 bridgehead atoms. The molecule has 0 aliphatic heterocycles. The number of carbonyl (C=O) groups is 3. The molecule has 32 heavy (non-hydrogen) atoms. The van der Waals surface area contributed by atoms with Crippen LogP contribution in [0.25, 0.3) is 0 Å². The van der Waals surface area contributed by atoms with Crippen LogP contribution in [0.5, 0.6) is 0 Å². The highest BCUT2D eigenvalue weighted by molar-refractivity contribution is 14.1. The van der Waals surface area contributed by atoms with Gasteiger partial charge >= 0.3 is 17.9 Å². The molecule has 0 heterocycles. The van der Waals surface area contributed by atoms with Crippen LogP contribution in [0.2, 0.25) is 0 Å². The van der Waals surface area contributed by atoms with E-state index in [2.05, 4.69) is 29.5 Å². The standard InChI is InChI=1S/C25H37IO6/c1-14(27)30-13-25-12-21(26)22(31-15(2)28)11-17(25)5-6-18-19-7-8-23(32-16(3)29)24(19,4)10-9-20(18)25/h17-23H,5-13H2,1-4H3/t17-,18-,19-,20-,21+,22+,23-,24-,25+/m0/s1. The van der Waals surface area contributed by atoms with Crippen molar-refractivity contribution >= 4 is 40.5 Å². The minimum Gasteiger partial charge on any atom is -0.465 e. The Morgan fingerprint density at radius 3 is 2.28 bits per heavy atom. The maximum absolute atomic E-state index is 11.8. The van der Waals surface area contributed by atoms with Gasteiger partial charge in [0.1, 0.15) is 12.2 Å². The molecule has 4 aliphatic rings. The fourth-order valence-corrected chi connectivity index (χ4v) is 9.44. The SMILES string of the molecule is CC(=O)OC[C@]12C[C@@H](I)[C@H](OC(C)=O)C[C@@H]1CC[C@H]1[C@@H]3CC[C@H](OC(C)=O)[C@@]3(C)CC[C@@H]12. The molecule has 0 N–H and O–H groups in total. The van der Waals surface area contributed by atoms with Gasteiger partial charge in [0.05, 0.1) is 6.61 Å². The first-order valence-corrected chi connectivity index (χ1v) is 13.4. The Bertz CT molecular complexity index is 770. The van der Waals surface area contributed by atoms with Gasteiger partial charge in [0.15, 0.2) is 0 Å². The van der Waals surface area contributed by atoms with E-state index in [1.807, 2.05) is 0 Å². The van der Waals surface area contributed by atoms with Crippen LogP contribution in [0, 0.1) is 34.5 Å². The van der Waals surface area contributed by atoms with Gasteiger partial charge in [-0.25, -0.2) is 0 Å². The predicted octanol–water partition coefficient (Wildman–Crippen LogP) is 4.85. The zero-order valence-electron chi connectivity index (χ0n) is 19.7. The van der Waals surface area contributed by atoms with E-state index >= 15 is 0 Å². The molecule has 9 atom stereocenters. The molecule has 0 aromatic rings. The summed E-state index contributed by atoms with van der Waals surface area (Å²) in [5.41, 5.74) is -0.0150. The number of ether oxygens (including phenoxy) is 3. The summed E-state index contributed by atoms with van der Waals surface area (Å²) in [5, 5.41) is 0. The third-order valence-electron chi connectivity index (χ3n) is 9.42. The van der Waals surface area contributed by atoms with E-state index in [4.69, 9.17) is 14.2 Å². The molecule has 0 amide bonds. The Hall–Kier alpha value is -0.860. The van der Waals surface area contributed by atoms with Crippen LogP contribution >= 0.6 is 22.6 Å². The van der Waals surface area contributed by atoms with E-state index in [0.29, 0.717) is 30.3 Å². The van der Waals surface area contributed by atoms with E-state index in [9.17, 15) is 14.4 Å². The zero-order valence-corrected chi connectivity index (χ0v) is 21.9. The highest BCUT2D eigenvalue weighted by Gasteiger charge is 2.63. The second-order valence-corrected chi connectivity index (χ2v) is 12.6. The molecule has 4 aliphatic carbocycles. The molecule has 7 heteroatoms. The molecule has 180 valence electrons. The molecule has 4 rings (SSSR count). The summed E-state index contributed by atoms with van der Waals surface area (Å²) in [4.78, 5) is 35.2. The van der Waals surface area contributed by atoms with Gasteiger partial charge in [-0.2, -0.15) is 0 Å². The molecule has 0 radical (unpaired) electrons. The smallest absolute Gasteiger partial charge is 0.302 e. The van der Waals surface area contributed by atoms with Gasteiger partial charge in [-0.15, -0.1) is 0 Å². The number of halogens is 1. The Kier molecular flexibility index (Phi) is 6.87. The van der Waals surface area contributed by atoms with Crippen LogP contribution in [-0.2, 0) is 28.6 Å². The van der Waals surface area contributed by atoms with Crippen LogP contribution in [0.15, 0.2) is 0 Å². The number of carbonyl (C=O) groups excluding carboxylic acids is 3. The molecule has 4 fully saturated rings. The molecular weight excluding hydrogens is 523 g/mol. The van der Waals surface area contributed by atoms with E-state index in [1.165, 1.54) is 20.8 Å². The minimum atomic E-state index is -0.219. The maximum Gasteiger partial charge on any atom is 0.302 e. The first kappa shape index (κ1) is 24.3. The van der Waals surface area contributed by atoms with Gasteiger partial charge in [-0.05, 0) is 75.0 Å². The number of alkyl halides is 1. The van der Waals surface area contributed by atoms with E-state index in [0.717, 1.165) is 51.4 Å². The quantitative estimate of drug-likeness (QED) is 0.212. The van der Waals surface area contributed by atoms with Crippen LogP contribution in [-0.4, -0.2) is 40.6 Å². The molecular formula is C25H37IO6. The van der Waals surface area contributed by atoms with Crippen molar-refractivity contribution in [3.8, 4) is 0 Å². The van der Waals surface area contributed by atoms with Crippen LogP contribution < -0.4 is 0 Å². The fraction of sp³-hybridized carbons (Fsp3) is 0.880. The largest absolute Gasteiger partial charge is 0.465 e. The summed E-state index contributed by atoms with van der Waals surface area (Å²) in [6, 6.07) is 0. The van der Waals surface area contributed by atoms with Crippen molar-refractivity contribution in [2.75, 3.05) is 6.61 Å². The first-order valence-electron chi connectivity index (χ1n) is 12.2. The van der Waals surface area contributed by atoms with E-state index in [1.54, 1.807) is 0 Å². The Morgan fingerprint density at radius 2 is 1.62 bits per heavy atom. The molecule has 0 spiro atoms. The minimum absolute atomic E-state index is 0.0186. The van der Waals surface area contributed by atoms with Gasteiger partial charge < -0.3 is 14.2 Å². The van der Waals surface area contributed by atoms with Gasteiger partial charge in [0, 0.05) is 35.5 Å². The average Bonchev–Trinajstić information content (AvgIpc) is 3.02. The third kappa shape index (κ3) is 4.20. The van der Waals surface area contributed by atoms with Gasteiger partial charge in [-0.1, -0.05) is 29.5 Å². The average molecular weight is 560 g/mol. The summed E-state index contributed by atoms with van der Waals surface area (Å²) in [7, 11) is 0. The second kappa shape index (κ2) is 9.06. The van der Waals surface area contributed by atoms with Gasteiger partial charge in [0.2, 0.25) is 0 Å². The van der Waals surface area contributed by atoms with Crippen molar-refractivity contribution in [1.29, 1.82) is 0 Å². The number of hydrogen-bond acceptors (Lipinski definition) is 6. The lowest BCUT2D eigenvalue weighted by molar-refractivity contribution is -0.183. The van der Waals surface area contributed by atoms with Crippen molar-refractivity contribution in [3.63, 3.8) is 0 Å². The number of rotatable bonds is 4.